The summed E-state index contributed by atoms with van der Waals surface area (Å²) in [5.41, 5.74) is 6.02. The molecule has 0 fully saturated rings. The maximum Gasteiger partial charge on any atom is 0.349 e. The van der Waals surface area contributed by atoms with Crippen molar-refractivity contribution in [2.45, 2.75) is 19.3 Å². The van der Waals surface area contributed by atoms with Crippen LogP contribution in [0.25, 0.3) is 0 Å². The fourth-order valence-corrected chi connectivity index (χ4v) is 1.22. The summed E-state index contributed by atoms with van der Waals surface area (Å²) in [5, 5.41) is 15.8. The molecular weight excluding hydrogens is 194 g/mol. The normalized spacial score (nSPS) is 12.1. The van der Waals surface area contributed by atoms with E-state index in [0.717, 1.165) is 5.56 Å². The van der Waals surface area contributed by atoms with E-state index >= 15 is 0 Å². The first kappa shape index (κ1) is 11.2. The Bertz CT molecular complexity index is 373. The number of hydrogen-bond acceptors (Lipinski definition) is 4. The number of anilines is 1. The van der Waals surface area contributed by atoms with Crippen molar-refractivity contribution in [1.82, 2.24) is 4.98 Å². The molecule has 0 aliphatic heterocycles. The molecule has 1 aromatic rings. The van der Waals surface area contributed by atoms with Crippen LogP contribution in [-0.2, 0) is 4.79 Å². The van der Waals surface area contributed by atoms with Crippen molar-refractivity contribution in [3.8, 4) is 0 Å². The number of aromatic nitrogens is 1. The monoisotopic (exact) mass is 207 g/mol. The fourth-order valence-electron chi connectivity index (χ4n) is 1.22. The lowest BCUT2D eigenvalue weighted by atomic mass is 9.97. The highest BCUT2D eigenvalue weighted by Crippen LogP contribution is 2.18. The van der Waals surface area contributed by atoms with E-state index in [0.29, 0.717) is 5.82 Å². The van der Waals surface area contributed by atoms with Gasteiger partial charge in [0.15, 0.2) is 0 Å². The first-order chi connectivity index (χ1) is 7.00. The van der Waals surface area contributed by atoms with Crippen LogP contribution in [0.2, 0.25) is 0 Å². The van der Waals surface area contributed by atoms with E-state index in [-0.39, 0.29) is 18.1 Å². The van der Waals surface area contributed by atoms with E-state index in [2.05, 4.69) is 4.98 Å². The summed E-state index contributed by atoms with van der Waals surface area (Å²) in [6.45, 7) is 1.85. The Kier molecular flexibility index (Phi) is 3.38. The number of carboxylic acid groups (broad SMARTS) is 1. The highest BCUT2D eigenvalue weighted by molar-refractivity contribution is 6.34. The Morgan fingerprint density at radius 2 is 2.33 bits per heavy atom. The largest absolute Gasteiger partial charge is 0.477 e. The van der Waals surface area contributed by atoms with Crippen molar-refractivity contribution in [2.24, 2.45) is 0 Å². The number of carboxylic acids is 1. The van der Waals surface area contributed by atoms with Gasteiger partial charge in [0.1, 0.15) is 11.5 Å². The molecule has 4 N–H and O–H groups in total. The van der Waals surface area contributed by atoms with Crippen LogP contribution in [-0.4, -0.2) is 21.8 Å². The van der Waals surface area contributed by atoms with E-state index in [9.17, 15) is 4.79 Å². The average Bonchev–Trinajstić information content (AvgIpc) is 2.18. The van der Waals surface area contributed by atoms with Gasteiger partial charge < -0.3 is 10.8 Å². The molecule has 0 saturated heterocycles. The second-order valence-corrected chi connectivity index (χ2v) is 3.41. The molecule has 1 rings (SSSR count). The van der Waals surface area contributed by atoms with Gasteiger partial charge in [-0.2, -0.15) is 0 Å². The lowest BCUT2D eigenvalue weighted by molar-refractivity contribution is -0.129. The quantitative estimate of drug-likeness (QED) is 0.647. The third-order valence-corrected chi connectivity index (χ3v) is 2.15. The van der Waals surface area contributed by atoms with Gasteiger partial charge >= 0.3 is 5.97 Å². The number of hydrogen-bond donors (Lipinski definition) is 3. The van der Waals surface area contributed by atoms with Gasteiger partial charge in [0.2, 0.25) is 0 Å². The molecule has 1 aromatic heterocycles. The molecule has 1 atom stereocenters. The van der Waals surface area contributed by atoms with E-state index in [1.807, 2.05) is 6.92 Å². The summed E-state index contributed by atoms with van der Waals surface area (Å²) in [6.07, 6.45) is 1.80. The number of nitrogens with two attached hydrogens (primary N) is 1. The van der Waals surface area contributed by atoms with Crippen molar-refractivity contribution in [3.63, 3.8) is 0 Å². The number of carbonyl (C=O) groups is 1. The topological polar surface area (TPSA) is 100 Å². The Labute approximate surface area is 87.5 Å². The molecule has 0 radical (unpaired) electrons. The van der Waals surface area contributed by atoms with Crippen LogP contribution < -0.4 is 5.73 Å². The van der Waals surface area contributed by atoms with Gasteiger partial charge in [0, 0.05) is 12.6 Å². The molecular formula is C10H13N3O2. The van der Waals surface area contributed by atoms with Gasteiger partial charge in [0.05, 0.1) is 0 Å². The van der Waals surface area contributed by atoms with Crippen LogP contribution in [0.15, 0.2) is 18.3 Å². The maximum atomic E-state index is 10.5. The predicted molar refractivity (Wildman–Crippen MR) is 57.0 cm³/mol. The molecule has 0 saturated carbocycles. The zero-order valence-corrected chi connectivity index (χ0v) is 8.40. The summed E-state index contributed by atoms with van der Waals surface area (Å²) in [4.78, 5) is 14.4. The number of nitrogen functional groups attached to an aromatic ring is 1. The van der Waals surface area contributed by atoms with Crippen LogP contribution in [0.4, 0.5) is 5.82 Å². The summed E-state index contributed by atoms with van der Waals surface area (Å²) >= 11 is 0. The predicted octanol–water partition coefficient (Wildman–Crippen LogP) is 1.26. The zero-order valence-electron chi connectivity index (χ0n) is 8.40. The smallest absolute Gasteiger partial charge is 0.349 e. The highest BCUT2D eigenvalue weighted by atomic mass is 16.4. The molecule has 80 valence electrons. The van der Waals surface area contributed by atoms with Gasteiger partial charge in [-0.15, -0.1) is 0 Å². The van der Waals surface area contributed by atoms with Crippen molar-refractivity contribution in [3.05, 3.63) is 23.9 Å². The van der Waals surface area contributed by atoms with Gasteiger partial charge in [-0.1, -0.05) is 13.0 Å². The summed E-state index contributed by atoms with van der Waals surface area (Å²) in [5.74, 6) is -0.786. The third kappa shape index (κ3) is 3.05. The molecule has 0 spiro atoms. The third-order valence-electron chi connectivity index (χ3n) is 2.15. The van der Waals surface area contributed by atoms with Crippen molar-refractivity contribution < 1.29 is 9.90 Å². The van der Waals surface area contributed by atoms with Crippen molar-refractivity contribution in [2.75, 3.05) is 5.73 Å². The van der Waals surface area contributed by atoms with Gasteiger partial charge in [-0.05, 0) is 17.5 Å². The van der Waals surface area contributed by atoms with E-state index < -0.39 is 5.97 Å². The first-order valence-electron chi connectivity index (χ1n) is 4.53. The second kappa shape index (κ2) is 4.54. The lowest BCUT2D eigenvalue weighted by Gasteiger charge is -2.10. The van der Waals surface area contributed by atoms with Crippen molar-refractivity contribution >= 4 is 17.5 Å². The first-order valence-corrected chi connectivity index (χ1v) is 4.53. The van der Waals surface area contributed by atoms with E-state index in [1.54, 1.807) is 18.3 Å². The Balaban J connectivity index is 2.69. The van der Waals surface area contributed by atoms with Gasteiger partial charge in [-0.3, -0.25) is 5.41 Å². The van der Waals surface area contributed by atoms with Crippen LogP contribution in [0.3, 0.4) is 0 Å². The van der Waals surface area contributed by atoms with Crippen LogP contribution in [0.1, 0.15) is 24.8 Å². The molecule has 0 aromatic carbocycles. The molecule has 1 heterocycles. The number of pyridine rings is 1. The summed E-state index contributed by atoms with van der Waals surface area (Å²) in [7, 11) is 0. The van der Waals surface area contributed by atoms with Crippen LogP contribution >= 0.6 is 0 Å². The minimum absolute atomic E-state index is 0.0401. The number of aliphatic carboxylic acids is 1. The summed E-state index contributed by atoms with van der Waals surface area (Å²) < 4.78 is 0. The maximum absolute atomic E-state index is 10.5. The van der Waals surface area contributed by atoms with E-state index in [1.165, 1.54) is 0 Å². The van der Waals surface area contributed by atoms with Crippen molar-refractivity contribution in [1.29, 1.82) is 5.41 Å². The van der Waals surface area contributed by atoms with Gasteiger partial charge in [0.25, 0.3) is 0 Å². The minimum atomic E-state index is -1.18. The van der Waals surface area contributed by atoms with Crippen LogP contribution in [0.5, 0.6) is 0 Å². The molecule has 0 aliphatic rings. The standard InChI is InChI=1S/C10H13N3O2/c1-6(4-8(11)10(14)15)7-2-3-9(12)13-5-7/h2-3,5-6,11H,4H2,1H3,(H2,12,13)(H,14,15). The van der Waals surface area contributed by atoms with Crippen LogP contribution in [0, 0.1) is 5.41 Å². The molecule has 0 amide bonds. The minimum Gasteiger partial charge on any atom is -0.477 e. The number of rotatable bonds is 4. The summed E-state index contributed by atoms with van der Waals surface area (Å²) in [6, 6.07) is 3.46. The van der Waals surface area contributed by atoms with E-state index in [4.69, 9.17) is 16.2 Å². The molecule has 5 heteroatoms. The average molecular weight is 207 g/mol. The fraction of sp³-hybridized carbons (Fsp3) is 0.300. The number of nitrogens with zero attached hydrogens (tertiary/aromatic N) is 1. The molecule has 1 unspecified atom stereocenters. The lowest BCUT2D eigenvalue weighted by Crippen LogP contribution is -2.14. The Morgan fingerprint density at radius 3 is 2.80 bits per heavy atom. The Hall–Kier alpha value is -1.91. The molecule has 0 bridgehead atoms. The zero-order chi connectivity index (χ0) is 11.4. The van der Waals surface area contributed by atoms with Gasteiger partial charge in [-0.25, -0.2) is 9.78 Å². The number of nitrogens with one attached hydrogen (secondary N) is 1. The SMILES string of the molecule is CC(CC(=N)C(=O)O)c1ccc(N)nc1. The Morgan fingerprint density at radius 1 is 1.67 bits per heavy atom. The molecule has 5 nitrogen and oxygen atoms in total. The molecule has 15 heavy (non-hydrogen) atoms. The second-order valence-electron chi connectivity index (χ2n) is 3.41. The highest BCUT2D eigenvalue weighted by Gasteiger charge is 2.13. The molecule has 0 aliphatic carbocycles.